The van der Waals surface area contributed by atoms with Crippen molar-refractivity contribution in [3.8, 4) is 0 Å². The van der Waals surface area contributed by atoms with Gasteiger partial charge in [0.05, 0.1) is 5.69 Å². The van der Waals surface area contributed by atoms with E-state index in [1.807, 2.05) is 11.3 Å². The number of anilines is 1. The van der Waals surface area contributed by atoms with Crippen LogP contribution in [-0.4, -0.2) is 24.6 Å². The van der Waals surface area contributed by atoms with Crippen molar-refractivity contribution in [2.45, 2.75) is 65.8 Å². The van der Waals surface area contributed by atoms with E-state index in [-0.39, 0.29) is 0 Å². The average molecular weight is 310 g/mol. The molecule has 2 rings (SSSR count). The summed E-state index contributed by atoms with van der Waals surface area (Å²) >= 11 is 1.89. The van der Waals surface area contributed by atoms with Crippen molar-refractivity contribution >= 4 is 16.5 Å². The average Bonchev–Trinajstić information content (AvgIpc) is 2.69. The number of aryl methyl sites for hydroxylation is 1. The number of hydrogen-bond donors (Lipinski definition) is 1. The van der Waals surface area contributed by atoms with Crippen molar-refractivity contribution < 1.29 is 0 Å². The molecule has 21 heavy (non-hydrogen) atoms. The number of nitrogens with zero attached hydrogens (tertiary/aromatic N) is 2. The third kappa shape index (κ3) is 4.43. The van der Waals surface area contributed by atoms with Crippen molar-refractivity contribution in [2.75, 3.05) is 24.5 Å². The zero-order valence-corrected chi connectivity index (χ0v) is 14.9. The zero-order chi connectivity index (χ0) is 15.2. The second-order valence-corrected chi connectivity index (χ2v) is 7.31. The fourth-order valence-corrected chi connectivity index (χ4v) is 4.53. The molecule has 2 unspecified atom stereocenters. The third-order valence-corrected chi connectivity index (χ3v) is 5.94. The standard InChI is InChI=1S/C17H31N3S/c1-5-8-15-9-7-11-20(12-10-15)17-19-14(4)16(21-17)13(3)18-6-2/h13,15,18H,5-12H2,1-4H3. The highest BCUT2D eigenvalue weighted by Crippen LogP contribution is 2.33. The third-order valence-electron chi connectivity index (χ3n) is 4.54. The summed E-state index contributed by atoms with van der Waals surface area (Å²) in [7, 11) is 0. The van der Waals surface area contributed by atoms with E-state index in [0.29, 0.717) is 6.04 Å². The zero-order valence-electron chi connectivity index (χ0n) is 14.1. The van der Waals surface area contributed by atoms with E-state index in [0.717, 1.165) is 12.5 Å². The lowest BCUT2D eigenvalue weighted by Crippen LogP contribution is -2.24. The minimum atomic E-state index is 0.418. The van der Waals surface area contributed by atoms with Crippen LogP contribution in [0, 0.1) is 12.8 Å². The summed E-state index contributed by atoms with van der Waals surface area (Å²) in [6.45, 7) is 12.2. The molecule has 0 amide bonds. The van der Waals surface area contributed by atoms with Crippen molar-refractivity contribution in [3.05, 3.63) is 10.6 Å². The van der Waals surface area contributed by atoms with Crippen LogP contribution in [0.25, 0.3) is 0 Å². The summed E-state index contributed by atoms with van der Waals surface area (Å²) in [4.78, 5) is 8.78. The predicted octanol–water partition coefficient (Wildman–Crippen LogP) is 4.53. The lowest BCUT2D eigenvalue weighted by atomic mass is 9.96. The van der Waals surface area contributed by atoms with Crippen LogP contribution in [0.4, 0.5) is 5.13 Å². The highest BCUT2D eigenvalue weighted by atomic mass is 32.1. The second kappa shape index (κ2) is 8.14. The molecule has 1 aromatic heterocycles. The first kappa shape index (κ1) is 16.8. The Labute approximate surface area is 134 Å². The molecule has 0 spiro atoms. The van der Waals surface area contributed by atoms with E-state index in [2.05, 4.69) is 37.9 Å². The van der Waals surface area contributed by atoms with Crippen LogP contribution in [0.5, 0.6) is 0 Å². The van der Waals surface area contributed by atoms with Gasteiger partial charge in [0.1, 0.15) is 0 Å². The Balaban J connectivity index is 2.03. The number of aromatic nitrogens is 1. The van der Waals surface area contributed by atoms with Crippen molar-refractivity contribution in [2.24, 2.45) is 5.92 Å². The molecule has 0 aromatic carbocycles. The molecule has 1 aliphatic heterocycles. The fourth-order valence-electron chi connectivity index (χ4n) is 3.38. The summed E-state index contributed by atoms with van der Waals surface area (Å²) in [5.74, 6) is 0.932. The molecule has 0 aliphatic carbocycles. The van der Waals surface area contributed by atoms with Crippen LogP contribution in [0.15, 0.2) is 0 Å². The van der Waals surface area contributed by atoms with Crippen LogP contribution < -0.4 is 10.2 Å². The summed E-state index contributed by atoms with van der Waals surface area (Å²) < 4.78 is 0. The van der Waals surface area contributed by atoms with Crippen LogP contribution in [-0.2, 0) is 0 Å². The van der Waals surface area contributed by atoms with Gasteiger partial charge in [0, 0.05) is 24.0 Å². The number of hydrogen-bond acceptors (Lipinski definition) is 4. The van der Waals surface area contributed by atoms with Gasteiger partial charge in [0.2, 0.25) is 0 Å². The van der Waals surface area contributed by atoms with E-state index >= 15 is 0 Å². The first-order valence-corrected chi connectivity index (χ1v) is 9.43. The lowest BCUT2D eigenvalue weighted by molar-refractivity contribution is 0.435. The van der Waals surface area contributed by atoms with Crippen molar-refractivity contribution in [3.63, 3.8) is 0 Å². The minimum Gasteiger partial charge on any atom is -0.348 e. The Kier molecular flexibility index (Phi) is 6.49. The maximum atomic E-state index is 4.85. The quantitative estimate of drug-likeness (QED) is 0.837. The Morgan fingerprint density at radius 1 is 1.33 bits per heavy atom. The van der Waals surface area contributed by atoms with Gasteiger partial charge in [-0.25, -0.2) is 4.98 Å². The van der Waals surface area contributed by atoms with Crippen molar-refractivity contribution in [1.29, 1.82) is 0 Å². The number of rotatable bonds is 6. The number of thiazole rings is 1. The number of nitrogens with one attached hydrogen (secondary N) is 1. The summed E-state index contributed by atoms with van der Waals surface area (Å²) in [5, 5.41) is 4.75. The SMILES string of the molecule is CCCC1CCCN(c2nc(C)c(C(C)NCC)s2)CC1. The Morgan fingerprint density at radius 2 is 2.14 bits per heavy atom. The molecule has 0 radical (unpaired) electrons. The first-order chi connectivity index (χ1) is 10.2. The van der Waals surface area contributed by atoms with E-state index in [4.69, 9.17) is 4.98 Å². The fraction of sp³-hybridized carbons (Fsp3) is 0.824. The van der Waals surface area contributed by atoms with Gasteiger partial charge in [-0.2, -0.15) is 0 Å². The lowest BCUT2D eigenvalue weighted by Gasteiger charge is -2.19. The highest BCUT2D eigenvalue weighted by Gasteiger charge is 2.21. The van der Waals surface area contributed by atoms with Gasteiger partial charge in [0.15, 0.2) is 5.13 Å². The van der Waals surface area contributed by atoms with Crippen molar-refractivity contribution in [1.82, 2.24) is 10.3 Å². The van der Waals surface area contributed by atoms with Crippen LogP contribution in [0.1, 0.15) is 69.5 Å². The van der Waals surface area contributed by atoms with Gasteiger partial charge in [0.25, 0.3) is 0 Å². The Morgan fingerprint density at radius 3 is 2.86 bits per heavy atom. The topological polar surface area (TPSA) is 28.2 Å². The molecule has 4 heteroatoms. The monoisotopic (exact) mass is 309 g/mol. The second-order valence-electron chi connectivity index (χ2n) is 6.30. The van der Waals surface area contributed by atoms with E-state index in [1.54, 1.807) is 0 Å². The van der Waals surface area contributed by atoms with E-state index in [9.17, 15) is 0 Å². The summed E-state index contributed by atoms with van der Waals surface area (Å²) in [6, 6.07) is 0.418. The summed E-state index contributed by atoms with van der Waals surface area (Å²) in [5.41, 5.74) is 1.21. The highest BCUT2D eigenvalue weighted by molar-refractivity contribution is 7.15. The Hall–Kier alpha value is -0.610. The molecule has 1 aromatic rings. The van der Waals surface area contributed by atoms with Gasteiger partial charge in [-0.1, -0.05) is 26.7 Å². The van der Waals surface area contributed by atoms with Crippen LogP contribution >= 0.6 is 11.3 Å². The first-order valence-electron chi connectivity index (χ1n) is 8.61. The van der Waals surface area contributed by atoms with Gasteiger partial charge >= 0.3 is 0 Å². The van der Waals surface area contributed by atoms with Crippen LogP contribution in [0.2, 0.25) is 0 Å². The molecule has 2 atom stereocenters. The van der Waals surface area contributed by atoms with Gasteiger partial charge in [-0.3, -0.25) is 0 Å². The molecule has 120 valence electrons. The maximum Gasteiger partial charge on any atom is 0.185 e. The Bertz CT molecular complexity index is 430. The predicted molar refractivity (Wildman–Crippen MR) is 93.4 cm³/mol. The van der Waals surface area contributed by atoms with Crippen LogP contribution in [0.3, 0.4) is 0 Å². The molecule has 0 bridgehead atoms. The molecule has 0 saturated carbocycles. The smallest absolute Gasteiger partial charge is 0.185 e. The largest absolute Gasteiger partial charge is 0.348 e. The molecule has 1 saturated heterocycles. The molecular weight excluding hydrogens is 278 g/mol. The van der Waals surface area contributed by atoms with Gasteiger partial charge < -0.3 is 10.2 Å². The molecule has 2 heterocycles. The van der Waals surface area contributed by atoms with Gasteiger partial charge in [-0.05, 0) is 45.6 Å². The molecule has 1 aliphatic rings. The molecule has 3 nitrogen and oxygen atoms in total. The maximum absolute atomic E-state index is 4.85. The van der Waals surface area contributed by atoms with Gasteiger partial charge in [-0.15, -0.1) is 11.3 Å². The molecular formula is C17H31N3S. The summed E-state index contributed by atoms with van der Waals surface area (Å²) in [6.07, 6.45) is 6.78. The van der Waals surface area contributed by atoms with E-state index in [1.165, 1.54) is 60.9 Å². The normalized spacial score (nSPS) is 21.3. The van der Waals surface area contributed by atoms with E-state index < -0.39 is 0 Å². The molecule has 1 fully saturated rings. The molecule has 1 N–H and O–H groups in total. The minimum absolute atomic E-state index is 0.418.